The standard InChI is InChI=1S/C14H15ClN2/c1-9-6-7-13(12(16)8-9)17-14-10(2)4-3-5-11(14)15/h3-8,17H,16H2,1-2H3. The number of nitrogen functional groups attached to an aromatic ring is 1. The molecule has 2 aromatic carbocycles. The Balaban J connectivity index is 2.38. The number of hydrogen-bond donors (Lipinski definition) is 2. The van der Waals surface area contributed by atoms with Gasteiger partial charge >= 0.3 is 0 Å². The van der Waals surface area contributed by atoms with Gasteiger partial charge in [-0.3, -0.25) is 0 Å². The topological polar surface area (TPSA) is 38.0 Å². The van der Waals surface area contributed by atoms with Crippen molar-refractivity contribution in [3.8, 4) is 0 Å². The van der Waals surface area contributed by atoms with Gasteiger partial charge in [-0.25, -0.2) is 0 Å². The van der Waals surface area contributed by atoms with Gasteiger partial charge in [0.1, 0.15) is 0 Å². The monoisotopic (exact) mass is 246 g/mol. The van der Waals surface area contributed by atoms with E-state index >= 15 is 0 Å². The fourth-order valence-corrected chi connectivity index (χ4v) is 1.99. The molecule has 0 bridgehead atoms. The predicted octanol–water partition coefficient (Wildman–Crippen LogP) is 4.28. The van der Waals surface area contributed by atoms with Crippen molar-refractivity contribution in [3.05, 3.63) is 52.5 Å². The molecular formula is C14H15ClN2. The van der Waals surface area contributed by atoms with Gasteiger partial charge < -0.3 is 11.1 Å². The van der Waals surface area contributed by atoms with Crippen LogP contribution in [0.25, 0.3) is 0 Å². The van der Waals surface area contributed by atoms with Crippen molar-refractivity contribution in [2.24, 2.45) is 0 Å². The van der Waals surface area contributed by atoms with Crippen molar-refractivity contribution in [1.29, 1.82) is 0 Å². The first-order chi connectivity index (χ1) is 8.08. The molecule has 0 saturated carbocycles. The second kappa shape index (κ2) is 4.68. The SMILES string of the molecule is Cc1ccc(Nc2c(C)cccc2Cl)c(N)c1. The van der Waals surface area contributed by atoms with Crippen molar-refractivity contribution >= 4 is 28.7 Å². The van der Waals surface area contributed by atoms with Crippen LogP contribution in [0.5, 0.6) is 0 Å². The molecule has 0 aromatic heterocycles. The first-order valence-electron chi connectivity index (χ1n) is 5.46. The molecule has 88 valence electrons. The van der Waals surface area contributed by atoms with Crippen molar-refractivity contribution in [1.82, 2.24) is 0 Å². The lowest BCUT2D eigenvalue weighted by molar-refractivity contribution is 1.41. The van der Waals surface area contributed by atoms with Crippen LogP contribution in [0.1, 0.15) is 11.1 Å². The van der Waals surface area contributed by atoms with Crippen LogP contribution in [-0.2, 0) is 0 Å². The highest BCUT2D eigenvalue weighted by atomic mass is 35.5. The van der Waals surface area contributed by atoms with E-state index in [2.05, 4.69) is 5.32 Å². The third-order valence-electron chi connectivity index (χ3n) is 2.69. The summed E-state index contributed by atoms with van der Waals surface area (Å²) in [5.74, 6) is 0. The Morgan fingerprint density at radius 2 is 1.88 bits per heavy atom. The number of rotatable bonds is 2. The molecule has 3 heteroatoms. The summed E-state index contributed by atoms with van der Waals surface area (Å²) >= 11 is 6.16. The van der Waals surface area contributed by atoms with Crippen molar-refractivity contribution in [2.75, 3.05) is 11.1 Å². The summed E-state index contributed by atoms with van der Waals surface area (Å²) in [4.78, 5) is 0. The molecule has 0 heterocycles. The quantitative estimate of drug-likeness (QED) is 0.776. The number of nitrogens with one attached hydrogen (secondary N) is 1. The first-order valence-corrected chi connectivity index (χ1v) is 5.84. The largest absolute Gasteiger partial charge is 0.397 e. The van der Waals surface area contributed by atoms with E-state index < -0.39 is 0 Å². The maximum absolute atomic E-state index is 6.16. The number of nitrogens with two attached hydrogens (primary N) is 1. The minimum atomic E-state index is 0.699. The zero-order valence-corrected chi connectivity index (χ0v) is 10.7. The van der Waals surface area contributed by atoms with Crippen LogP contribution in [0.3, 0.4) is 0 Å². The Labute approximate surface area is 106 Å². The van der Waals surface area contributed by atoms with Gasteiger partial charge in [-0.15, -0.1) is 0 Å². The van der Waals surface area contributed by atoms with Gasteiger partial charge in [0.15, 0.2) is 0 Å². The van der Waals surface area contributed by atoms with Gasteiger partial charge in [-0.05, 0) is 43.2 Å². The van der Waals surface area contributed by atoms with E-state index in [9.17, 15) is 0 Å². The molecule has 3 N–H and O–H groups in total. The van der Waals surface area contributed by atoms with Gasteiger partial charge in [0.25, 0.3) is 0 Å². The molecule has 2 nitrogen and oxygen atoms in total. The highest BCUT2D eigenvalue weighted by molar-refractivity contribution is 6.33. The lowest BCUT2D eigenvalue weighted by atomic mass is 10.1. The highest BCUT2D eigenvalue weighted by Crippen LogP contribution is 2.31. The third kappa shape index (κ3) is 2.53. The van der Waals surface area contributed by atoms with Crippen molar-refractivity contribution < 1.29 is 0 Å². The number of halogens is 1. The van der Waals surface area contributed by atoms with Gasteiger partial charge in [0, 0.05) is 0 Å². The van der Waals surface area contributed by atoms with Crippen molar-refractivity contribution in [3.63, 3.8) is 0 Å². The van der Waals surface area contributed by atoms with Crippen LogP contribution in [-0.4, -0.2) is 0 Å². The Hall–Kier alpha value is -1.67. The molecule has 17 heavy (non-hydrogen) atoms. The van der Waals surface area contributed by atoms with E-state index in [0.29, 0.717) is 5.02 Å². The lowest BCUT2D eigenvalue weighted by Crippen LogP contribution is -1.98. The molecule has 0 saturated heterocycles. The predicted molar refractivity (Wildman–Crippen MR) is 75.1 cm³/mol. The van der Waals surface area contributed by atoms with Crippen LogP contribution in [0, 0.1) is 13.8 Å². The number of benzene rings is 2. The Morgan fingerprint density at radius 1 is 1.12 bits per heavy atom. The Morgan fingerprint density at radius 3 is 2.53 bits per heavy atom. The Bertz CT molecular complexity index is 530. The summed E-state index contributed by atoms with van der Waals surface area (Å²) in [6.07, 6.45) is 0. The molecule has 0 fully saturated rings. The molecule has 0 spiro atoms. The molecular weight excluding hydrogens is 232 g/mol. The van der Waals surface area contributed by atoms with Crippen LogP contribution < -0.4 is 11.1 Å². The fraction of sp³-hybridized carbons (Fsp3) is 0.143. The number of anilines is 3. The number of aryl methyl sites for hydroxylation is 2. The highest BCUT2D eigenvalue weighted by Gasteiger charge is 2.05. The maximum Gasteiger partial charge on any atom is 0.0643 e. The van der Waals surface area contributed by atoms with Gasteiger partial charge in [0.2, 0.25) is 0 Å². The number of hydrogen-bond acceptors (Lipinski definition) is 2. The van der Waals surface area contributed by atoms with E-state index in [-0.39, 0.29) is 0 Å². The molecule has 2 rings (SSSR count). The van der Waals surface area contributed by atoms with Gasteiger partial charge in [-0.2, -0.15) is 0 Å². The zero-order valence-electron chi connectivity index (χ0n) is 9.92. The average Bonchev–Trinajstić information content (AvgIpc) is 2.26. The first kappa shape index (κ1) is 11.8. The van der Waals surface area contributed by atoms with Crippen LogP contribution in [0.2, 0.25) is 5.02 Å². The molecule has 0 unspecified atom stereocenters. The third-order valence-corrected chi connectivity index (χ3v) is 3.00. The molecule has 2 aromatic rings. The summed E-state index contributed by atoms with van der Waals surface area (Å²) < 4.78 is 0. The van der Waals surface area contributed by atoms with Gasteiger partial charge in [0.05, 0.1) is 22.1 Å². The molecule has 0 amide bonds. The van der Waals surface area contributed by atoms with Crippen molar-refractivity contribution in [2.45, 2.75) is 13.8 Å². The van der Waals surface area contributed by atoms with E-state index in [4.69, 9.17) is 17.3 Å². The second-order valence-electron chi connectivity index (χ2n) is 4.15. The van der Waals surface area contributed by atoms with E-state index in [1.54, 1.807) is 0 Å². The van der Waals surface area contributed by atoms with E-state index in [0.717, 1.165) is 28.2 Å². The minimum absolute atomic E-state index is 0.699. The number of para-hydroxylation sites is 1. The maximum atomic E-state index is 6.16. The van der Waals surface area contributed by atoms with Crippen LogP contribution >= 0.6 is 11.6 Å². The summed E-state index contributed by atoms with van der Waals surface area (Å²) in [6, 6.07) is 11.7. The molecule has 0 aliphatic heterocycles. The minimum Gasteiger partial charge on any atom is -0.397 e. The molecule has 0 radical (unpaired) electrons. The summed E-state index contributed by atoms with van der Waals surface area (Å²) in [6.45, 7) is 4.03. The van der Waals surface area contributed by atoms with E-state index in [1.165, 1.54) is 0 Å². The smallest absolute Gasteiger partial charge is 0.0643 e. The summed E-state index contributed by atoms with van der Waals surface area (Å²) in [7, 11) is 0. The summed E-state index contributed by atoms with van der Waals surface area (Å²) in [5.41, 5.74) is 10.7. The van der Waals surface area contributed by atoms with Crippen LogP contribution in [0.4, 0.5) is 17.1 Å². The average molecular weight is 247 g/mol. The molecule has 0 atom stereocenters. The van der Waals surface area contributed by atoms with Crippen LogP contribution in [0.15, 0.2) is 36.4 Å². The summed E-state index contributed by atoms with van der Waals surface area (Å²) in [5, 5.41) is 3.98. The van der Waals surface area contributed by atoms with Gasteiger partial charge in [-0.1, -0.05) is 29.8 Å². The normalized spacial score (nSPS) is 10.3. The lowest BCUT2D eigenvalue weighted by Gasteiger charge is -2.13. The molecule has 0 aliphatic rings. The van der Waals surface area contributed by atoms with E-state index in [1.807, 2.05) is 50.2 Å². The fourth-order valence-electron chi connectivity index (χ4n) is 1.72. The second-order valence-corrected chi connectivity index (χ2v) is 4.55. The molecule has 0 aliphatic carbocycles. The Kier molecular flexibility index (Phi) is 3.25. The zero-order chi connectivity index (χ0) is 12.4.